The van der Waals surface area contributed by atoms with E-state index < -0.39 is 23.4 Å². The van der Waals surface area contributed by atoms with Crippen molar-refractivity contribution in [2.24, 2.45) is 0 Å². The molecule has 21 heavy (non-hydrogen) atoms. The molecule has 2 amide bonds. The average Bonchev–Trinajstić information content (AvgIpc) is 2.84. The molecular weight excluding hydrogens is 279 g/mol. The number of benzene rings is 1. The minimum atomic E-state index is -1.35. The summed E-state index contributed by atoms with van der Waals surface area (Å²) >= 11 is 0. The van der Waals surface area contributed by atoms with Gasteiger partial charge in [-0.1, -0.05) is 0 Å². The number of hydrogen-bond donors (Lipinski definition) is 3. The molecule has 0 spiro atoms. The Morgan fingerprint density at radius 3 is 2.81 bits per heavy atom. The van der Waals surface area contributed by atoms with Crippen LogP contribution in [0.2, 0.25) is 0 Å². The maximum atomic E-state index is 13.5. The summed E-state index contributed by atoms with van der Waals surface area (Å²) in [6.45, 7) is 2.96. The van der Waals surface area contributed by atoms with Crippen molar-refractivity contribution >= 4 is 17.7 Å². The standard InChI is InChI=1S/C14H17FN2O4/c1-14(5-2-6-21-14)8-16-13(20)17-9-3-4-10(12(18)19)11(15)7-9/h3-4,7H,2,5-6,8H2,1H3,(H,18,19)(H2,16,17,20). The Bertz CT molecular complexity index is 556. The summed E-state index contributed by atoms with van der Waals surface area (Å²) < 4.78 is 19.0. The predicted molar refractivity (Wildman–Crippen MR) is 74.0 cm³/mol. The second-order valence-electron chi connectivity index (χ2n) is 5.21. The van der Waals surface area contributed by atoms with E-state index in [0.29, 0.717) is 13.2 Å². The van der Waals surface area contributed by atoms with Gasteiger partial charge in [-0.15, -0.1) is 0 Å². The first-order valence-electron chi connectivity index (χ1n) is 6.61. The molecule has 3 N–H and O–H groups in total. The van der Waals surface area contributed by atoms with Crippen LogP contribution in [0.4, 0.5) is 14.9 Å². The van der Waals surface area contributed by atoms with E-state index in [4.69, 9.17) is 9.84 Å². The molecule has 1 unspecified atom stereocenters. The van der Waals surface area contributed by atoms with Crippen molar-refractivity contribution in [3.05, 3.63) is 29.6 Å². The van der Waals surface area contributed by atoms with Crippen LogP contribution in [0.25, 0.3) is 0 Å². The number of amides is 2. The van der Waals surface area contributed by atoms with Crippen molar-refractivity contribution in [2.75, 3.05) is 18.5 Å². The fourth-order valence-electron chi connectivity index (χ4n) is 2.19. The number of anilines is 1. The Morgan fingerprint density at radius 2 is 2.24 bits per heavy atom. The number of carbonyl (C=O) groups is 2. The van der Waals surface area contributed by atoms with Crippen LogP contribution in [0.5, 0.6) is 0 Å². The molecular formula is C14H17FN2O4. The quantitative estimate of drug-likeness (QED) is 0.795. The van der Waals surface area contributed by atoms with Gasteiger partial charge in [0.15, 0.2) is 0 Å². The molecule has 0 bridgehead atoms. The van der Waals surface area contributed by atoms with Gasteiger partial charge in [0.05, 0.1) is 11.2 Å². The van der Waals surface area contributed by atoms with Crippen LogP contribution >= 0.6 is 0 Å². The van der Waals surface area contributed by atoms with Gasteiger partial charge in [-0.3, -0.25) is 0 Å². The second kappa shape index (κ2) is 6.09. The molecule has 0 aliphatic carbocycles. The lowest BCUT2D eigenvalue weighted by molar-refractivity contribution is 0.0232. The topological polar surface area (TPSA) is 87.7 Å². The number of carboxylic acid groups (broad SMARTS) is 1. The highest BCUT2D eigenvalue weighted by atomic mass is 19.1. The molecule has 0 aromatic heterocycles. The minimum Gasteiger partial charge on any atom is -0.478 e. The van der Waals surface area contributed by atoms with E-state index in [9.17, 15) is 14.0 Å². The predicted octanol–water partition coefficient (Wildman–Crippen LogP) is 2.21. The third-order valence-corrected chi connectivity index (χ3v) is 3.38. The maximum absolute atomic E-state index is 13.5. The summed E-state index contributed by atoms with van der Waals surface area (Å²) in [6.07, 6.45) is 1.83. The highest BCUT2D eigenvalue weighted by molar-refractivity contribution is 5.91. The van der Waals surface area contributed by atoms with Crippen LogP contribution in [-0.4, -0.2) is 35.9 Å². The molecule has 114 valence electrons. The second-order valence-corrected chi connectivity index (χ2v) is 5.21. The average molecular weight is 296 g/mol. The fourth-order valence-corrected chi connectivity index (χ4v) is 2.19. The van der Waals surface area contributed by atoms with Crippen LogP contribution in [0.15, 0.2) is 18.2 Å². The van der Waals surface area contributed by atoms with E-state index in [1.165, 1.54) is 6.07 Å². The van der Waals surface area contributed by atoms with Crippen molar-refractivity contribution in [3.63, 3.8) is 0 Å². The van der Waals surface area contributed by atoms with Crippen LogP contribution in [0, 0.1) is 5.82 Å². The molecule has 1 aliphatic heterocycles. The van der Waals surface area contributed by atoms with E-state index in [1.54, 1.807) is 0 Å². The third kappa shape index (κ3) is 3.91. The van der Waals surface area contributed by atoms with Gasteiger partial charge in [-0.05, 0) is 38.0 Å². The number of rotatable bonds is 4. The zero-order chi connectivity index (χ0) is 15.5. The smallest absolute Gasteiger partial charge is 0.338 e. The Balaban J connectivity index is 1.90. The zero-order valence-corrected chi connectivity index (χ0v) is 11.6. The van der Waals surface area contributed by atoms with E-state index in [1.807, 2.05) is 6.92 Å². The zero-order valence-electron chi connectivity index (χ0n) is 11.6. The number of ether oxygens (including phenoxy) is 1. The monoisotopic (exact) mass is 296 g/mol. The van der Waals surface area contributed by atoms with E-state index >= 15 is 0 Å². The van der Waals surface area contributed by atoms with Crippen molar-refractivity contribution in [2.45, 2.75) is 25.4 Å². The summed E-state index contributed by atoms with van der Waals surface area (Å²) in [6, 6.07) is 2.92. The van der Waals surface area contributed by atoms with Crippen LogP contribution < -0.4 is 10.6 Å². The van der Waals surface area contributed by atoms with Gasteiger partial charge in [0.2, 0.25) is 0 Å². The molecule has 0 saturated carbocycles. The first kappa shape index (κ1) is 15.2. The largest absolute Gasteiger partial charge is 0.478 e. The van der Waals surface area contributed by atoms with Gasteiger partial charge < -0.3 is 20.5 Å². The minimum absolute atomic E-state index is 0.187. The van der Waals surface area contributed by atoms with E-state index in [2.05, 4.69) is 10.6 Å². The van der Waals surface area contributed by atoms with Crippen LogP contribution in [0.3, 0.4) is 0 Å². The summed E-state index contributed by atoms with van der Waals surface area (Å²) in [5.41, 5.74) is -0.615. The fraction of sp³-hybridized carbons (Fsp3) is 0.429. The summed E-state index contributed by atoms with van der Waals surface area (Å²) in [5.74, 6) is -2.25. The number of nitrogens with one attached hydrogen (secondary N) is 2. The molecule has 2 rings (SSSR count). The molecule has 1 aliphatic rings. The Labute approximate surface area is 121 Å². The number of carbonyl (C=O) groups excluding carboxylic acids is 1. The lowest BCUT2D eigenvalue weighted by Crippen LogP contribution is -2.41. The molecule has 7 heteroatoms. The summed E-state index contributed by atoms with van der Waals surface area (Å²) in [4.78, 5) is 22.4. The van der Waals surface area contributed by atoms with Crippen LogP contribution in [0.1, 0.15) is 30.1 Å². The lowest BCUT2D eigenvalue weighted by Gasteiger charge is -2.23. The third-order valence-electron chi connectivity index (χ3n) is 3.38. The van der Waals surface area contributed by atoms with Crippen molar-refractivity contribution in [3.8, 4) is 0 Å². The molecule has 6 nitrogen and oxygen atoms in total. The van der Waals surface area contributed by atoms with Crippen LogP contribution in [-0.2, 0) is 4.74 Å². The normalized spacial score (nSPS) is 21.0. The summed E-state index contributed by atoms with van der Waals surface area (Å²) in [5, 5.41) is 13.8. The highest BCUT2D eigenvalue weighted by Crippen LogP contribution is 2.23. The van der Waals surface area contributed by atoms with Crippen molar-refractivity contribution in [1.82, 2.24) is 5.32 Å². The SMILES string of the molecule is CC1(CNC(=O)Nc2ccc(C(=O)O)c(F)c2)CCCO1. The first-order chi connectivity index (χ1) is 9.89. The van der Waals surface area contributed by atoms with Gasteiger partial charge in [0, 0.05) is 18.8 Å². The van der Waals surface area contributed by atoms with Gasteiger partial charge >= 0.3 is 12.0 Å². The van der Waals surface area contributed by atoms with Crippen molar-refractivity contribution in [1.29, 1.82) is 0 Å². The maximum Gasteiger partial charge on any atom is 0.338 e. The molecule has 1 heterocycles. The van der Waals surface area contributed by atoms with E-state index in [0.717, 1.165) is 25.0 Å². The van der Waals surface area contributed by atoms with Gasteiger partial charge in [0.1, 0.15) is 5.82 Å². The highest BCUT2D eigenvalue weighted by Gasteiger charge is 2.30. The lowest BCUT2D eigenvalue weighted by atomic mass is 10.0. The summed E-state index contributed by atoms with van der Waals surface area (Å²) in [7, 11) is 0. The molecule has 1 aromatic rings. The van der Waals surface area contributed by atoms with Crippen molar-refractivity contribution < 1.29 is 23.8 Å². The first-order valence-corrected chi connectivity index (χ1v) is 6.61. The van der Waals surface area contributed by atoms with Gasteiger partial charge in [0.25, 0.3) is 0 Å². The number of hydrogen-bond acceptors (Lipinski definition) is 3. The number of carboxylic acids is 1. The molecule has 0 radical (unpaired) electrons. The molecule has 1 fully saturated rings. The van der Waals surface area contributed by atoms with Gasteiger partial charge in [-0.25, -0.2) is 14.0 Å². The number of aromatic carboxylic acids is 1. The number of halogens is 1. The Kier molecular flexibility index (Phi) is 4.42. The Hall–Kier alpha value is -2.15. The molecule has 1 aromatic carbocycles. The Morgan fingerprint density at radius 1 is 1.48 bits per heavy atom. The molecule has 1 atom stereocenters. The molecule has 1 saturated heterocycles. The van der Waals surface area contributed by atoms with E-state index in [-0.39, 0.29) is 11.3 Å². The number of urea groups is 1. The van der Waals surface area contributed by atoms with Gasteiger partial charge in [-0.2, -0.15) is 0 Å².